The number of rotatable bonds is 3. The van der Waals surface area contributed by atoms with Crippen molar-refractivity contribution in [2.45, 2.75) is 26.2 Å². The van der Waals surface area contributed by atoms with Gasteiger partial charge in [0.2, 0.25) is 0 Å². The normalized spacial score (nSPS) is 18.1. The monoisotopic (exact) mass is 304 g/mol. The second-order valence-corrected chi connectivity index (χ2v) is 6.13. The largest absolute Gasteiger partial charge is 0.486 e. The molecule has 0 saturated carbocycles. The highest BCUT2D eigenvalue weighted by molar-refractivity contribution is 5.74. The number of hydrogen-bond donors (Lipinski definition) is 1. The first-order valence-corrected chi connectivity index (χ1v) is 8.13. The van der Waals surface area contributed by atoms with Crippen LogP contribution in [0.4, 0.5) is 4.79 Å². The molecule has 120 valence electrons. The van der Waals surface area contributed by atoms with Gasteiger partial charge in [0.15, 0.2) is 11.5 Å². The van der Waals surface area contributed by atoms with Gasteiger partial charge in [-0.25, -0.2) is 4.79 Å². The quantitative estimate of drug-likeness (QED) is 0.933. The summed E-state index contributed by atoms with van der Waals surface area (Å²) in [7, 11) is 0. The molecule has 5 heteroatoms. The third kappa shape index (κ3) is 3.64. The lowest BCUT2D eigenvalue weighted by Crippen LogP contribution is -2.44. The number of hydrogen-bond acceptors (Lipinski definition) is 3. The minimum absolute atomic E-state index is 0.0597. The smallest absolute Gasteiger partial charge is 0.317 e. The van der Waals surface area contributed by atoms with Crippen molar-refractivity contribution in [3.8, 4) is 11.5 Å². The van der Waals surface area contributed by atoms with Crippen LogP contribution >= 0.6 is 0 Å². The summed E-state index contributed by atoms with van der Waals surface area (Å²) in [6, 6.07) is 6.04. The second kappa shape index (κ2) is 6.90. The number of carbonyl (C=O) groups is 1. The van der Waals surface area contributed by atoms with Gasteiger partial charge in [-0.2, -0.15) is 0 Å². The summed E-state index contributed by atoms with van der Waals surface area (Å²) in [5.74, 6) is 2.35. The standard InChI is InChI=1S/C17H24N2O3/c1-13-5-8-19(9-6-13)17(20)18-7-4-14-2-3-15-16(12-14)22-11-10-21-15/h2-3,12-13H,4-11H2,1H3,(H,18,20). The Bertz CT molecular complexity index is 525. The van der Waals surface area contributed by atoms with Gasteiger partial charge in [0.1, 0.15) is 13.2 Å². The summed E-state index contributed by atoms with van der Waals surface area (Å²) in [4.78, 5) is 14.0. The zero-order valence-electron chi connectivity index (χ0n) is 13.1. The maximum atomic E-state index is 12.1. The van der Waals surface area contributed by atoms with Gasteiger partial charge in [0.25, 0.3) is 0 Å². The minimum atomic E-state index is 0.0597. The van der Waals surface area contributed by atoms with Gasteiger partial charge in [-0.05, 0) is 42.9 Å². The van der Waals surface area contributed by atoms with E-state index >= 15 is 0 Å². The van der Waals surface area contributed by atoms with E-state index in [1.54, 1.807) is 0 Å². The first-order valence-electron chi connectivity index (χ1n) is 8.13. The molecule has 22 heavy (non-hydrogen) atoms. The lowest BCUT2D eigenvalue weighted by molar-refractivity contribution is 0.171. The number of ether oxygens (including phenoxy) is 2. The van der Waals surface area contributed by atoms with E-state index in [2.05, 4.69) is 12.2 Å². The van der Waals surface area contributed by atoms with Crippen LogP contribution in [0, 0.1) is 5.92 Å². The van der Waals surface area contributed by atoms with Gasteiger partial charge in [-0.3, -0.25) is 0 Å². The van der Waals surface area contributed by atoms with Crippen LogP contribution in [0.5, 0.6) is 11.5 Å². The van der Waals surface area contributed by atoms with E-state index < -0.39 is 0 Å². The molecule has 2 aliphatic heterocycles. The molecule has 5 nitrogen and oxygen atoms in total. The summed E-state index contributed by atoms with van der Waals surface area (Å²) < 4.78 is 11.1. The fraction of sp³-hybridized carbons (Fsp3) is 0.588. The fourth-order valence-electron chi connectivity index (χ4n) is 2.88. The van der Waals surface area contributed by atoms with Gasteiger partial charge in [0.05, 0.1) is 0 Å². The maximum Gasteiger partial charge on any atom is 0.317 e. The van der Waals surface area contributed by atoms with Crippen molar-refractivity contribution in [2.24, 2.45) is 5.92 Å². The predicted octanol–water partition coefficient (Wildman–Crippen LogP) is 2.44. The Balaban J connectivity index is 1.45. The van der Waals surface area contributed by atoms with Crippen molar-refractivity contribution < 1.29 is 14.3 Å². The SMILES string of the molecule is CC1CCN(C(=O)NCCc2ccc3c(c2)OCCO3)CC1. The van der Waals surface area contributed by atoms with Crippen LogP contribution in [-0.2, 0) is 6.42 Å². The third-order valence-corrected chi connectivity index (χ3v) is 4.37. The zero-order valence-corrected chi connectivity index (χ0v) is 13.1. The molecule has 0 atom stereocenters. The Morgan fingerprint density at radius 3 is 2.73 bits per heavy atom. The van der Waals surface area contributed by atoms with Crippen molar-refractivity contribution in [2.75, 3.05) is 32.8 Å². The van der Waals surface area contributed by atoms with Gasteiger partial charge >= 0.3 is 6.03 Å². The van der Waals surface area contributed by atoms with E-state index in [0.717, 1.165) is 55.3 Å². The summed E-state index contributed by atoms with van der Waals surface area (Å²) in [6.45, 7) is 5.84. The maximum absolute atomic E-state index is 12.1. The molecule has 0 aliphatic carbocycles. The fourth-order valence-corrected chi connectivity index (χ4v) is 2.88. The van der Waals surface area contributed by atoms with Gasteiger partial charge in [-0.15, -0.1) is 0 Å². The zero-order chi connectivity index (χ0) is 15.4. The van der Waals surface area contributed by atoms with Gasteiger partial charge < -0.3 is 19.7 Å². The molecular formula is C17H24N2O3. The molecule has 3 rings (SSSR count). The predicted molar refractivity (Wildman–Crippen MR) is 84.5 cm³/mol. The molecule has 1 N–H and O–H groups in total. The van der Waals surface area contributed by atoms with Crippen LogP contribution < -0.4 is 14.8 Å². The number of amides is 2. The minimum Gasteiger partial charge on any atom is -0.486 e. The Hall–Kier alpha value is -1.91. The highest BCUT2D eigenvalue weighted by Crippen LogP contribution is 2.30. The summed E-state index contributed by atoms with van der Waals surface area (Å²) in [6.07, 6.45) is 3.01. The van der Waals surface area contributed by atoms with E-state index in [-0.39, 0.29) is 6.03 Å². The van der Waals surface area contributed by atoms with E-state index in [1.165, 1.54) is 0 Å². The number of urea groups is 1. The number of nitrogens with zero attached hydrogens (tertiary/aromatic N) is 1. The molecule has 1 fully saturated rings. The number of fused-ring (bicyclic) bond motifs is 1. The first kappa shape index (κ1) is 15.0. The van der Waals surface area contributed by atoms with E-state index in [0.29, 0.717) is 19.8 Å². The molecule has 2 heterocycles. The van der Waals surface area contributed by atoms with Gasteiger partial charge in [-0.1, -0.05) is 13.0 Å². The van der Waals surface area contributed by atoms with Crippen LogP contribution in [0.2, 0.25) is 0 Å². The number of likely N-dealkylation sites (tertiary alicyclic amines) is 1. The average Bonchev–Trinajstić information content (AvgIpc) is 2.55. The Labute approximate surface area is 131 Å². The molecule has 2 aliphatic rings. The van der Waals surface area contributed by atoms with E-state index in [4.69, 9.17) is 9.47 Å². The van der Waals surface area contributed by atoms with Crippen LogP contribution in [0.3, 0.4) is 0 Å². The molecular weight excluding hydrogens is 280 g/mol. The number of nitrogens with one attached hydrogen (secondary N) is 1. The van der Waals surface area contributed by atoms with Crippen LogP contribution in [0.25, 0.3) is 0 Å². The lowest BCUT2D eigenvalue weighted by Gasteiger charge is -2.30. The highest BCUT2D eigenvalue weighted by Gasteiger charge is 2.19. The number of carbonyl (C=O) groups excluding carboxylic acids is 1. The Kier molecular flexibility index (Phi) is 4.71. The Morgan fingerprint density at radius 2 is 1.95 bits per heavy atom. The molecule has 1 aromatic carbocycles. The molecule has 0 spiro atoms. The van der Waals surface area contributed by atoms with Crippen molar-refractivity contribution in [3.63, 3.8) is 0 Å². The summed E-state index contributed by atoms with van der Waals surface area (Å²) in [5.41, 5.74) is 1.15. The molecule has 2 amide bonds. The van der Waals surface area contributed by atoms with Crippen molar-refractivity contribution in [1.29, 1.82) is 0 Å². The Morgan fingerprint density at radius 1 is 1.23 bits per heavy atom. The van der Waals surface area contributed by atoms with Crippen molar-refractivity contribution in [1.82, 2.24) is 10.2 Å². The topological polar surface area (TPSA) is 50.8 Å². The van der Waals surface area contributed by atoms with Crippen LogP contribution in [0.15, 0.2) is 18.2 Å². The molecule has 0 radical (unpaired) electrons. The van der Waals surface area contributed by atoms with Gasteiger partial charge in [0, 0.05) is 19.6 Å². The average molecular weight is 304 g/mol. The molecule has 0 unspecified atom stereocenters. The van der Waals surface area contributed by atoms with Crippen molar-refractivity contribution >= 4 is 6.03 Å². The van der Waals surface area contributed by atoms with E-state index in [9.17, 15) is 4.79 Å². The third-order valence-electron chi connectivity index (χ3n) is 4.37. The summed E-state index contributed by atoms with van der Waals surface area (Å²) >= 11 is 0. The molecule has 0 aromatic heterocycles. The van der Waals surface area contributed by atoms with Crippen LogP contribution in [0.1, 0.15) is 25.3 Å². The second-order valence-electron chi connectivity index (χ2n) is 6.13. The highest BCUT2D eigenvalue weighted by atomic mass is 16.6. The molecule has 1 aromatic rings. The number of benzene rings is 1. The van der Waals surface area contributed by atoms with E-state index in [1.807, 2.05) is 23.1 Å². The van der Waals surface area contributed by atoms with Crippen molar-refractivity contribution in [3.05, 3.63) is 23.8 Å². The lowest BCUT2D eigenvalue weighted by atomic mass is 10.00. The molecule has 1 saturated heterocycles. The first-order chi connectivity index (χ1) is 10.7. The number of piperidine rings is 1. The molecule has 0 bridgehead atoms. The van der Waals surface area contributed by atoms with Crippen LogP contribution in [-0.4, -0.2) is 43.8 Å². The summed E-state index contributed by atoms with van der Waals surface area (Å²) in [5, 5.41) is 3.01.